The van der Waals surface area contributed by atoms with E-state index in [4.69, 9.17) is 18.1 Å². The van der Waals surface area contributed by atoms with Crippen molar-refractivity contribution in [3.8, 4) is 0 Å². The minimum absolute atomic E-state index is 0.298. The summed E-state index contributed by atoms with van der Waals surface area (Å²) in [6.07, 6.45) is 1.70. The molecule has 0 N–H and O–H groups in total. The Hall–Kier alpha value is -0.480. The van der Waals surface area contributed by atoms with E-state index in [-0.39, 0.29) is 0 Å². The van der Waals surface area contributed by atoms with Gasteiger partial charge in [-0.05, 0) is 30.0 Å². The molecule has 125 valence electrons. The van der Waals surface area contributed by atoms with Crippen molar-refractivity contribution in [1.29, 1.82) is 0 Å². The second-order valence-electron chi connectivity index (χ2n) is 4.65. The van der Waals surface area contributed by atoms with Gasteiger partial charge in [0.05, 0.1) is 12.3 Å². The smallest absolute Gasteiger partial charge is 0.312 e. The average Bonchev–Trinajstić information content (AvgIpc) is 2.58. The summed E-state index contributed by atoms with van der Waals surface area (Å²) < 4.78 is 43.7. The summed E-state index contributed by atoms with van der Waals surface area (Å²) in [6, 6.07) is 8.64. The maximum atomic E-state index is 12.0. The van der Waals surface area contributed by atoms with E-state index in [1.165, 1.54) is 28.4 Å². The van der Waals surface area contributed by atoms with Crippen LogP contribution in [-0.4, -0.2) is 40.8 Å². The van der Waals surface area contributed by atoms with E-state index in [0.717, 1.165) is 11.1 Å². The molecule has 0 atom stereocenters. The molecular weight excluding hydrogens is 326 g/mol. The quantitative estimate of drug-likeness (QED) is 0.602. The molecule has 0 aliphatic heterocycles. The summed E-state index contributed by atoms with van der Waals surface area (Å²) in [5.74, 6) is 0. The van der Waals surface area contributed by atoms with Crippen LogP contribution >= 0.6 is 15.2 Å². The molecule has 1 aromatic carbocycles. The number of hydrogen-bond acceptors (Lipinski definition) is 6. The van der Waals surface area contributed by atoms with E-state index in [9.17, 15) is 9.13 Å². The van der Waals surface area contributed by atoms with Crippen LogP contribution in [0.2, 0.25) is 0 Å². The first-order chi connectivity index (χ1) is 10.4. The van der Waals surface area contributed by atoms with E-state index in [1.54, 1.807) is 0 Å². The van der Waals surface area contributed by atoms with E-state index in [2.05, 4.69) is 6.07 Å². The zero-order chi connectivity index (χ0) is 16.6. The van der Waals surface area contributed by atoms with Crippen LogP contribution in [0.3, 0.4) is 0 Å². The first-order valence-corrected chi connectivity index (χ1v) is 10.3. The lowest BCUT2D eigenvalue weighted by Gasteiger charge is -2.14. The fraction of sp³-hybridized carbons (Fsp3) is 0.571. The molecule has 0 aliphatic rings. The molecular formula is C14H23O6P2. The van der Waals surface area contributed by atoms with Gasteiger partial charge in [-0.2, -0.15) is 0 Å². The first kappa shape index (κ1) is 19.6. The third-order valence-corrected chi connectivity index (χ3v) is 7.14. The van der Waals surface area contributed by atoms with Crippen molar-refractivity contribution in [1.82, 2.24) is 0 Å². The van der Waals surface area contributed by atoms with Crippen molar-refractivity contribution in [2.45, 2.75) is 12.8 Å². The van der Waals surface area contributed by atoms with Crippen LogP contribution in [0.1, 0.15) is 11.1 Å². The van der Waals surface area contributed by atoms with Gasteiger partial charge in [0.15, 0.2) is 0 Å². The SMILES string of the molecule is COP(=O)(CCc1c[c]cc(CCP(=O)(OC)OC)c1)OC. The van der Waals surface area contributed by atoms with Gasteiger partial charge in [-0.15, -0.1) is 0 Å². The highest BCUT2D eigenvalue weighted by Crippen LogP contribution is 2.47. The molecule has 22 heavy (non-hydrogen) atoms. The van der Waals surface area contributed by atoms with Crippen LogP contribution in [0.15, 0.2) is 18.2 Å². The Morgan fingerprint density at radius 2 is 1.18 bits per heavy atom. The minimum atomic E-state index is -3.01. The molecule has 1 rings (SSSR count). The third-order valence-electron chi connectivity index (χ3n) is 3.37. The molecule has 1 aromatic rings. The highest BCUT2D eigenvalue weighted by molar-refractivity contribution is 7.54. The predicted octanol–water partition coefficient (Wildman–Crippen LogP) is 3.54. The van der Waals surface area contributed by atoms with Gasteiger partial charge in [0.25, 0.3) is 0 Å². The highest BCUT2D eigenvalue weighted by Gasteiger charge is 2.22. The third kappa shape index (κ3) is 5.96. The second kappa shape index (κ2) is 8.97. The lowest BCUT2D eigenvalue weighted by molar-refractivity contribution is 0.275. The van der Waals surface area contributed by atoms with Gasteiger partial charge in [-0.25, -0.2) is 0 Å². The van der Waals surface area contributed by atoms with E-state index >= 15 is 0 Å². The zero-order valence-corrected chi connectivity index (χ0v) is 15.2. The Kier molecular flexibility index (Phi) is 7.98. The molecule has 1 radical (unpaired) electrons. The van der Waals surface area contributed by atoms with Crippen LogP contribution in [0.4, 0.5) is 0 Å². The molecule has 0 unspecified atom stereocenters. The Bertz CT molecular complexity index is 499. The van der Waals surface area contributed by atoms with Crippen molar-refractivity contribution in [2.24, 2.45) is 0 Å². The lowest BCUT2D eigenvalue weighted by Crippen LogP contribution is -2.01. The fourth-order valence-electron chi connectivity index (χ4n) is 1.91. The largest absolute Gasteiger partial charge is 0.330 e. The lowest BCUT2D eigenvalue weighted by atomic mass is 10.1. The summed E-state index contributed by atoms with van der Waals surface area (Å²) in [5.41, 5.74) is 1.94. The molecule has 8 heteroatoms. The van der Waals surface area contributed by atoms with Crippen molar-refractivity contribution in [3.63, 3.8) is 0 Å². The highest BCUT2D eigenvalue weighted by atomic mass is 31.2. The fourth-order valence-corrected chi connectivity index (χ4v) is 4.00. The zero-order valence-electron chi connectivity index (χ0n) is 13.4. The standard InChI is InChI=1S/C14H23O6P2/c1-17-21(15,18-2)10-8-13-6-5-7-14(12-13)9-11-22(16,19-3)20-4/h6-7,12H,8-11H2,1-4H3. The van der Waals surface area contributed by atoms with Gasteiger partial charge in [-0.3, -0.25) is 9.13 Å². The van der Waals surface area contributed by atoms with Crippen LogP contribution in [-0.2, 0) is 40.1 Å². The van der Waals surface area contributed by atoms with Gasteiger partial charge in [-0.1, -0.05) is 18.2 Å². The van der Waals surface area contributed by atoms with Crippen molar-refractivity contribution < 1.29 is 27.2 Å². The van der Waals surface area contributed by atoms with Gasteiger partial charge in [0.1, 0.15) is 0 Å². The average molecular weight is 349 g/mol. The van der Waals surface area contributed by atoms with Crippen molar-refractivity contribution in [2.75, 3.05) is 40.8 Å². The molecule has 0 aromatic heterocycles. The van der Waals surface area contributed by atoms with Crippen LogP contribution < -0.4 is 0 Å². The monoisotopic (exact) mass is 349 g/mol. The Morgan fingerprint density at radius 3 is 1.50 bits per heavy atom. The summed E-state index contributed by atoms with van der Waals surface area (Å²) in [7, 11) is -0.524. The van der Waals surface area contributed by atoms with Crippen LogP contribution in [0.5, 0.6) is 0 Å². The Balaban J connectivity index is 2.67. The van der Waals surface area contributed by atoms with Gasteiger partial charge in [0.2, 0.25) is 0 Å². The molecule has 0 heterocycles. The number of rotatable bonds is 10. The molecule has 6 nitrogen and oxygen atoms in total. The summed E-state index contributed by atoms with van der Waals surface area (Å²) in [5, 5.41) is 0. The molecule has 0 fully saturated rings. The Labute approximate surface area is 132 Å². The predicted molar refractivity (Wildman–Crippen MR) is 85.7 cm³/mol. The summed E-state index contributed by atoms with van der Waals surface area (Å²) in [4.78, 5) is 0. The van der Waals surface area contributed by atoms with Gasteiger partial charge >= 0.3 is 15.2 Å². The maximum absolute atomic E-state index is 12.0. The van der Waals surface area contributed by atoms with Crippen LogP contribution in [0.25, 0.3) is 0 Å². The molecule has 0 aliphatic carbocycles. The van der Waals surface area contributed by atoms with Crippen molar-refractivity contribution in [3.05, 3.63) is 35.4 Å². The number of aryl methyl sites for hydroxylation is 2. The van der Waals surface area contributed by atoms with Crippen molar-refractivity contribution >= 4 is 15.2 Å². The Morgan fingerprint density at radius 1 is 0.818 bits per heavy atom. The molecule has 0 bridgehead atoms. The topological polar surface area (TPSA) is 71.1 Å². The second-order valence-corrected chi connectivity index (χ2v) is 9.45. The number of hydrogen-bond donors (Lipinski definition) is 0. The van der Waals surface area contributed by atoms with Gasteiger partial charge in [0, 0.05) is 28.4 Å². The van der Waals surface area contributed by atoms with E-state index in [1.807, 2.05) is 18.2 Å². The minimum Gasteiger partial charge on any atom is -0.312 e. The van der Waals surface area contributed by atoms with E-state index in [0.29, 0.717) is 25.2 Å². The first-order valence-electron chi connectivity index (χ1n) is 6.80. The van der Waals surface area contributed by atoms with E-state index < -0.39 is 15.2 Å². The molecule has 0 amide bonds. The maximum Gasteiger partial charge on any atom is 0.330 e. The summed E-state index contributed by atoms with van der Waals surface area (Å²) in [6.45, 7) is 0. The van der Waals surface area contributed by atoms with Crippen LogP contribution in [0, 0.1) is 6.07 Å². The summed E-state index contributed by atoms with van der Waals surface area (Å²) >= 11 is 0. The molecule has 0 spiro atoms. The molecule has 0 saturated carbocycles. The van der Waals surface area contributed by atoms with Gasteiger partial charge < -0.3 is 18.1 Å². The number of benzene rings is 1. The normalized spacial score (nSPS) is 12.5. The molecule has 0 saturated heterocycles.